The molecule has 0 radical (unpaired) electrons. The fourth-order valence-electron chi connectivity index (χ4n) is 2.95. The zero-order chi connectivity index (χ0) is 18.4. The fourth-order valence-corrected chi connectivity index (χ4v) is 3.65. The van der Waals surface area contributed by atoms with Crippen LogP contribution in [0, 0.1) is 0 Å². The van der Waals surface area contributed by atoms with Crippen LogP contribution < -0.4 is 5.32 Å². The van der Waals surface area contributed by atoms with E-state index < -0.39 is 6.04 Å². The molecule has 3 atom stereocenters. The van der Waals surface area contributed by atoms with E-state index in [4.69, 9.17) is 16.3 Å². The number of halogens is 1. The van der Waals surface area contributed by atoms with E-state index >= 15 is 0 Å². The van der Waals surface area contributed by atoms with Crippen molar-refractivity contribution >= 4 is 35.2 Å². The first-order chi connectivity index (χ1) is 11.9. The first-order valence-corrected chi connectivity index (χ1v) is 10.2. The van der Waals surface area contributed by atoms with E-state index in [1.54, 1.807) is 40.9 Å². The van der Waals surface area contributed by atoms with Crippen LogP contribution in [0.3, 0.4) is 0 Å². The van der Waals surface area contributed by atoms with Crippen molar-refractivity contribution < 1.29 is 14.3 Å². The van der Waals surface area contributed by atoms with Crippen molar-refractivity contribution in [2.24, 2.45) is 0 Å². The number of amides is 2. The third-order valence-electron chi connectivity index (χ3n) is 4.06. The molecule has 0 aliphatic carbocycles. The molecule has 0 bridgehead atoms. The molecule has 0 aromatic heterocycles. The molecule has 138 valence electrons. The van der Waals surface area contributed by atoms with Crippen LogP contribution in [-0.4, -0.2) is 60.1 Å². The van der Waals surface area contributed by atoms with E-state index in [0.717, 1.165) is 5.75 Å². The summed E-state index contributed by atoms with van der Waals surface area (Å²) < 4.78 is 5.69. The summed E-state index contributed by atoms with van der Waals surface area (Å²) in [5.41, 5.74) is 0.384. The van der Waals surface area contributed by atoms with Crippen molar-refractivity contribution in [3.05, 3.63) is 34.9 Å². The summed E-state index contributed by atoms with van der Waals surface area (Å²) in [4.78, 5) is 27.3. The quantitative estimate of drug-likeness (QED) is 0.819. The van der Waals surface area contributed by atoms with Crippen LogP contribution in [0.4, 0.5) is 0 Å². The van der Waals surface area contributed by atoms with Crippen LogP contribution in [0.5, 0.6) is 0 Å². The average Bonchev–Trinajstić information content (AvgIpc) is 2.57. The highest BCUT2D eigenvalue weighted by Crippen LogP contribution is 2.17. The maximum atomic E-state index is 13.0. The maximum absolute atomic E-state index is 13.0. The molecule has 1 fully saturated rings. The average molecular weight is 385 g/mol. The molecule has 0 unspecified atom stereocenters. The number of ether oxygens (including phenoxy) is 1. The first kappa shape index (κ1) is 20.1. The van der Waals surface area contributed by atoms with Gasteiger partial charge in [0.15, 0.2) is 0 Å². The van der Waals surface area contributed by atoms with E-state index in [0.29, 0.717) is 30.1 Å². The van der Waals surface area contributed by atoms with Crippen LogP contribution >= 0.6 is 23.4 Å². The van der Waals surface area contributed by atoms with E-state index in [-0.39, 0.29) is 24.0 Å². The van der Waals surface area contributed by atoms with Crippen LogP contribution in [0.2, 0.25) is 5.02 Å². The number of rotatable bonds is 6. The molecular formula is C18H25ClN2O3S. The highest BCUT2D eigenvalue weighted by molar-refractivity contribution is 7.98. The van der Waals surface area contributed by atoms with E-state index in [1.807, 2.05) is 20.1 Å². The fraction of sp³-hybridized carbons (Fsp3) is 0.556. The minimum atomic E-state index is -0.561. The van der Waals surface area contributed by atoms with Crippen LogP contribution in [0.25, 0.3) is 0 Å². The number of morpholine rings is 1. The SMILES string of the molecule is CSCC[C@H](NC(=O)c1ccccc1Cl)C(=O)N1C[C@@H](C)O[C@@H](C)C1. The van der Waals surface area contributed by atoms with Crippen molar-refractivity contribution in [3.63, 3.8) is 0 Å². The number of carbonyl (C=O) groups excluding carboxylic acids is 2. The summed E-state index contributed by atoms with van der Waals surface area (Å²) in [5.74, 6) is 0.408. The normalized spacial score (nSPS) is 21.7. The number of thioether (sulfide) groups is 1. The lowest BCUT2D eigenvalue weighted by molar-refractivity contribution is -0.145. The third-order valence-corrected chi connectivity index (χ3v) is 5.04. The van der Waals surface area contributed by atoms with E-state index in [2.05, 4.69) is 5.32 Å². The van der Waals surface area contributed by atoms with Crippen LogP contribution in [0.15, 0.2) is 24.3 Å². The Balaban J connectivity index is 2.11. The van der Waals surface area contributed by atoms with Gasteiger partial charge in [0.1, 0.15) is 6.04 Å². The Labute approximate surface area is 158 Å². The van der Waals surface area contributed by atoms with Crippen molar-refractivity contribution in [2.45, 2.75) is 38.5 Å². The van der Waals surface area contributed by atoms with Gasteiger partial charge in [-0.1, -0.05) is 23.7 Å². The third kappa shape index (κ3) is 5.62. The lowest BCUT2D eigenvalue weighted by Crippen LogP contribution is -2.55. The molecule has 0 spiro atoms. The molecule has 1 aromatic rings. The smallest absolute Gasteiger partial charge is 0.253 e. The van der Waals surface area contributed by atoms with Gasteiger partial charge in [-0.3, -0.25) is 9.59 Å². The number of carbonyl (C=O) groups is 2. The summed E-state index contributed by atoms with van der Waals surface area (Å²) >= 11 is 7.74. The second kappa shape index (κ2) is 9.46. The Morgan fingerprint density at radius 2 is 1.96 bits per heavy atom. The Kier molecular flexibility index (Phi) is 7.59. The Morgan fingerprint density at radius 3 is 2.56 bits per heavy atom. The Morgan fingerprint density at radius 1 is 1.32 bits per heavy atom. The molecule has 1 aliphatic rings. The zero-order valence-electron chi connectivity index (χ0n) is 14.8. The molecule has 5 nitrogen and oxygen atoms in total. The summed E-state index contributed by atoms with van der Waals surface area (Å²) in [6.45, 7) is 4.99. The molecule has 2 rings (SSSR count). The molecule has 2 amide bonds. The molecule has 25 heavy (non-hydrogen) atoms. The predicted molar refractivity (Wildman–Crippen MR) is 102 cm³/mol. The first-order valence-electron chi connectivity index (χ1n) is 8.41. The van der Waals surface area contributed by atoms with Gasteiger partial charge in [0, 0.05) is 13.1 Å². The van der Waals surface area contributed by atoms with Gasteiger partial charge in [0.2, 0.25) is 5.91 Å². The van der Waals surface area contributed by atoms with Crippen molar-refractivity contribution in [3.8, 4) is 0 Å². The largest absolute Gasteiger partial charge is 0.372 e. The lowest BCUT2D eigenvalue weighted by Gasteiger charge is -2.37. The number of nitrogens with one attached hydrogen (secondary N) is 1. The summed E-state index contributed by atoms with van der Waals surface area (Å²) in [6, 6.07) is 6.29. The van der Waals surface area contributed by atoms with Gasteiger partial charge in [-0.15, -0.1) is 0 Å². The van der Waals surface area contributed by atoms with Gasteiger partial charge in [-0.2, -0.15) is 11.8 Å². The lowest BCUT2D eigenvalue weighted by atomic mass is 10.1. The van der Waals surface area contributed by atoms with Gasteiger partial charge in [-0.05, 0) is 44.4 Å². The summed E-state index contributed by atoms with van der Waals surface area (Å²) in [7, 11) is 0. The minimum absolute atomic E-state index is 0.00632. The highest BCUT2D eigenvalue weighted by atomic mass is 35.5. The summed E-state index contributed by atoms with van der Waals surface area (Å²) in [5, 5.41) is 3.25. The maximum Gasteiger partial charge on any atom is 0.253 e. The molecule has 1 aromatic carbocycles. The number of benzene rings is 1. The highest BCUT2D eigenvalue weighted by Gasteiger charge is 2.31. The van der Waals surface area contributed by atoms with Crippen molar-refractivity contribution in [1.29, 1.82) is 0 Å². The van der Waals surface area contributed by atoms with Gasteiger partial charge in [-0.25, -0.2) is 0 Å². The van der Waals surface area contributed by atoms with Gasteiger partial charge >= 0.3 is 0 Å². The Bertz CT molecular complexity index is 604. The zero-order valence-corrected chi connectivity index (χ0v) is 16.4. The standard InChI is InChI=1S/C18H25ClN2O3S/c1-12-10-21(11-13(2)24-12)18(23)16(8-9-25-3)20-17(22)14-6-4-5-7-15(14)19/h4-7,12-13,16H,8-11H2,1-3H3,(H,20,22)/t12-,13+,16-/m0/s1. The molecule has 0 saturated carbocycles. The second-order valence-electron chi connectivity index (χ2n) is 6.29. The van der Waals surface area contributed by atoms with Gasteiger partial charge in [0.05, 0.1) is 22.8 Å². The number of nitrogens with zero attached hydrogens (tertiary/aromatic N) is 1. The topological polar surface area (TPSA) is 58.6 Å². The molecule has 7 heteroatoms. The molecule has 1 aliphatic heterocycles. The molecule has 1 saturated heterocycles. The van der Waals surface area contributed by atoms with Crippen molar-refractivity contribution in [1.82, 2.24) is 10.2 Å². The summed E-state index contributed by atoms with van der Waals surface area (Å²) in [6.07, 6.45) is 2.55. The minimum Gasteiger partial charge on any atom is -0.372 e. The second-order valence-corrected chi connectivity index (χ2v) is 7.68. The molecular weight excluding hydrogens is 360 g/mol. The van der Waals surface area contributed by atoms with E-state index in [1.165, 1.54) is 0 Å². The van der Waals surface area contributed by atoms with E-state index in [9.17, 15) is 9.59 Å². The molecule has 1 heterocycles. The molecule has 1 N–H and O–H groups in total. The van der Waals surface area contributed by atoms with Gasteiger partial charge in [0.25, 0.3) is 5.91 Å². The van der Waals surface area contributed by atoms with Crippen LogP contribution in [0.1, 0.15) is 30.6 Å². The van der Waals surface area contributed by atoms with Gasteiger partial charge < -0.3 is 15.0 Å². The monoisotopic (exact) mass is 384 g/mol. The number of hydrogen-bond acceptors (Lipinski definition) is 4. The Hall–Kier alpha value is -1.24. The van der Waals surface area contributed by atoms with Crippen molar-refractivity contribution in [2.75, 3.05) is 25.1 Å². The van der Waals surface area contributed by atoms with Crippen LogP contribution in [-0.2, 0) is 9.53 Å². The predicted octanol–water partition coefficient (Wildman–Crippen LogP) is 2.83. The number of hydrogen-bond donors (Lipinski definition) is 1.